The Morgan fingerprint density at radius 2 is 2.00 bits per heavy atom. The van der Waals surface area contributed by atoms with Crippen LogP contribution in [0.1, 0.15) is 21.7 Å². The van der Waals surface area contributed by atoms with Crippen LogP contribution in [0.15, 0.2) is 52.9 Å². The molecule has 0 aliphatic rings. The first-order valence-corrected chi connectivity index (χ1v) is 8.02. The van der Waals surface area contributed by atoms with Crippen molar-refractivity contribution in [2.24, 2.45) is 5.10 Å². The topological polar surface area (TPSA) is 87.5 Å². The van der Waals surface area contributed by atoms with Gasteiger partial charge in [-0.25, -0.2) is 14.8 Å². The number of hydrogen-bond acceptors (Lipinski definition) is 6. The summed E-state index contributed by atoms with van der Waals surface area (Å²) in [6.45, 7) is 1.93. The van der Waals surface area contributed by atoms with Crippen molar-refractivity contribution in [2.75, 3.05) is 5.43 Å². The summed E-state index contributed by atoms with van der Waals surface area (Å²) >= 11 is 1.50. The van der Waals surface area contributed by atoms with Gasteiger partial charge in [0.05, 0.1) is 17.6 Å². The quantitative estimate of drug-likeness (QED) is 0.547. The van der Waals surface area contributed by atoms with Gasteiger partial charge in [-0.1, -0.05) is 30.3 Å². The largest absolute Gasteiger partial charge is 0.477 e. The van der Waals surface area contributed by atoms with Crippen LogP contribution in [-0.4, -0.2) is 27.3 Å². The Morgan fingerprint density at radius 3 is 2.67 bits per heavy atom. The van der Waals surface area contributed by atoms with Crippen LogP contribution in [-0.2, 0) is 0 Å². The van der Waals surface area contributed by atoms with E-state index >= 15 is 0 Å². The number of rotatable bonds is 5. The number of nitrogens with zero attached hydrogens (tertiary/aromatic N) is 3. The van der Waals surface area contributed by atoms with Crippen LogP contribution < -0.4 is 5.43 Å². The van der Waals surface area contributed by atoms with Gasteiger partial charge in [0.25, 0.3) is 0 Å². The molecule has 3 aromatic rings. The van der Waals surface area contributed by atoms with E-state index in [1.165, 1.54) is 17.4 Å². The number of nitrogens with one attached hydrogen (secondary N) is 1. The second kappa shape index (κ2) is 7.01. The van der Waals surface area contributed by atoms with Gasteiger partial charge in [0.15, 0.2) is 0 Å². The molecule has 0 fully saturated rings. The molecule has 3 rings (SSSR count). The van der Waals surface area contributed by atoms with Crippen LogP contribution in [0.5, 0.6) is 0 Å². The molecule has 0 unspecified atom stereocenters. The highest BCUT2D eigenvalue weighted by atomic mass is 32.1. The normalized spacial score (nSPS) is 10.9. The molecule has 0 saturated carbocycles. The van der Waals surface area contributed by atoms with E-state index in [0.29, 0.717) is 5.69 Å². The fraction of sp³-hybridized carbons (Fsp3) is 0.0588. The molecule has 120 valence electrons. The van der Waals surface area contributed by atoms with Gasteiger partial charge >= 0.3 is 5.97 Å². The van der Waals surface area contributed by atoms with Gasteiger partial charge in [0.2, 0.25) is 5.13 Å². The molecule has 0 saturated heterocycles. The number of pyridine rings is 1. The number of carbonyl (C=O) groups is 1. The highest BCUT2D eigenvalue weighted by Crippen LogP contribution is 2.18. The number of aryl methyl sites for hydroxylation is 1. The van der Waals surface area contributed by atoms with Crippen molar-refractivity contribution in [3.8, 4) is 11.3 Å². The standard InChI is InChI=1S/C17H14N4O2S/c1-11-10-24-17(19-11)21-18-9-12-5-7-13(8-6-12)14-3-2-4-15(20-14)16(22)23/h2-10H,1H3,(H,19,21)(H,22,23). The van der Waals surface area contributed by atoms with Crippen molar-refractivity contribution in [2.45, 2.75) is 6.92 Å². The monoisotopic (exact) mass is 338 g/mol. The van der Waals surface area contributed by atoms with Gasteiger partial charge in [0.1, 0.15) is 5.69 Å². The Labute approximate surface area is 142 Å². The summed E-state index contributed by atoms with van der Waals surface area (Å²) in [5.41, 5.74) is 6.24. The lowest BCUT2D eigenvalue weighted by atomic mass is 10.1. The third-order valence-electron chi connectivity index (χ3n) is 3.17. The maximum atomic E-state index is 11.0. The Kier molecular flexibility index (Phi) is 4.62. The number of thiazole rings is 1. The molecule has 0 atom stereocenters. The first-order valence-electron chi connectivity index (χ1n) is 7.14. The van der Waals surface area contributed by atoms with Crippen molar-refractivity contribution < 1.29 is 9.90 Å². The number of anilines is 1. The van der Waals surface area contributed by atoms with Crippen molar-refractivity contribution in [3.05, 3.63) is 64.8 Å². The molecule has 1 aromatic carbocycles. The van der Waals surface area contributed by atoms with E-state index in [9.17, 15) is 4.79 Å². The maximum Gasteiger partial charge on any atom is 0.354 e. The molecule has 2 N–H and O–H groups in total. The number of hydrogen-bond donors (Lipinski definition) is 2. The summed E-state index contributed by atoms with van der Waals surface area (Å²) in [5, 5.41) is 15.8. The molecular weight excluding hydrogens is 324 g/mol. The van der Waals surface area contributed by atoms with Gasteiger partial charge in [-0.05, 0) is 24.6 Å². The Balaban J connectivity index is 1.71. The minimum Gasteiger partial charge on any atom is -0.477 e. The van der Waals surface area contributed by atoms with E-state index < -0.39 is 5.97 Å². The van der Waals surface area contributed by atoms with Crippen LogP contribution in [0, 0.1) is 6.92 Å². The number of carboxylic acid groups (broad SMARTS) is 1. The Hall–Kier alpha value is -3.06. The molecule has 0 aliphatic carbocycles. The summed E-state index contributed by atoms with van der Waals surface area (Å²) in [7, 11) is 0. The summed E-state index contributed by atoms with van der Waals surface area (Å²) in [6, 6.07) is 12.5. The summed E-state index contributed by atoms with van der Waals surface area (Å²) in [4.78, 5) is 19.4. The SMILES string of the molecule is Cc1csc(NN=Cc2ccc(-c3cccc(C(=O)O)n3)cc2)n1. The number of aromatic carboxylic acids is 1. The van der Waals surface area contributed by atoms with E-state index in [-0.39, 0.29) is 5.69 Å². The van der Waals surface area contributed by atoms with E-state index in [1.807, 2.05) is 36.6 Å². The minimum absolute atomic E-state index is 0.0288. The molecule has 24 heavy (non-hydrogen) atoms. The molecule has 0 aliphatic heterocycles. The molecular formula is C17H14N4O2S. The average Bonchev–Trinajstić information content (AvgIpc) is 3.01. The fourth-order valence-corrected chi connectivity index (χ4v) is 2.66. The summed E-state index contributed by atoms with van der Waals surface area (Å²) in [5.74, 6) is -1.04. The van der Waals surface area contributed by atoms with E-state index in [4.69, 9.17) is 5.11 Å². The second-order valence-corrected chi connectivity index (χ2v) is 5.86. The van der Waals surface area contributed by atoms with E-state index in [1.54, 1.807) is 18.3 Å². The molecule has 0 radical (unpaired) electrons. The number of hydrazone groups is 1. The lowest BCUT2D eigenvalue weighted by Crippen LogP contribution is -2.00. The zero-order valence-corrected chi connectivity index (χ0v) is 13.6. The zero-order chi connectivity index (χ0) is 16.9. The number of carboxylic acids is 1. The summed E-state index contributed by atoms with van der Waals surface area (Å²) in [6.07, 6.45) is 1.70. The van der Waals surface area contributed by atoms with Gasteiger partial charge in [-0.15, -0.1) is 11.3 Å². The predicted molar refractivity (Wildman–Crippen MR) is 94.7 cm³/mol. The average molecular weight is 338 g/mol. The van der Waals surface area contributed by atoms with Crippen LogP contribution in [0.25, 0.3) is 11.3 Å². The van der Waals surface area contributed by atoms with Crippen LogP contribution in [0.4, 0.5) is 5.13 Å². The summed E-state index contributed by atoms with van der Waals surface area (Å²) < 4.78 is 0. The van der Waals surface area contributed by atoms with Crippen molar-refractivity contribution in [3.63, 3.8) is 0 Å². The molecule has 2 aromatic heterocycles. The molecule has 7 heteroatoms. The first-order chi connectivity index (χ1) is 11.6. The highest BCUT2D eigenvalue weighted by Gasteiger charge is 2.06. The lowest BCUT2D eigenvalue weighted by Gasteiger charge is -2.02. The van der Waals surface area contributed by atoms with E-state index in [0.717, 1.165) is 22.0 Å². The third kappa shape index (κ3) is 3.82. The molecule has 0 amide bonds. The van der Waals surface area contributed by atoms with Gasteiger partial charge < -0.3 is 5.11 Å². The molecule has 0 bridgehead atoms. The number of aromatic nitrogens is 2. The van der Waals surface area contributed by atoms with Crippen molar-refractivity contribution in [1.29, 1.82) is 0 Å². The van der Waals surface area contributed by atoms with Crippen LogP contribution in [0.3, 0.4) is 0 Å². The zero-order valence-electron chi connectivity index (χ0n) is 12.8. The fourth-order valence-electron chi connectivity index (χ4n) is 2.02. The van der Waals surface area contributed by atoms with Crippen LogP contribution >= 0.6 is 11.3 Å². The predicted octanol–water partition coefficient (Wildman–Crippen LogP) is 3.66. The maximum absolute atomic E-state index is 11.0. The molecule has 0 spiro atoms. The number of benzene rings is 1. The molecule has 2 heterocycles. The smallest absolute Gasteiger partial charge is 0.354 e. The molecule has 6 nitrogen and oxygen atoms in total. The Bertz CT molecular complexity index is 888. The first kappa shape index (κ1) is 15.8. The van der Waals surface area contributed by atoms with Crippen molar-refractivity contribution in [1.82, 2.24) is 9.97 Å². The van der Waals surface area contributed by atoms with E-state index in [2.05, 4.69) is 20.5 Å². The van der Waals surface area contributed by atoms with Gasteiger partial charge in [-0.3, -0.25) is 5.43 Å². The van der Waals surface area contributed by atoms with Gasteiger partial charge in [0, 0.05) is 10.9 Å². The highest BCUT2D eigenvalue weighted by molar-refractivity contribution is 7.13. The van der Waals surface area contributed by atoms with Crippen molar-refractivity contribution >= 4 is 28.7 Å². The Morgan fingerprint density at radius 1 is 1.21 bits per heavy atom. The second-order valence-electron chi connectivity index (χ2n) is 5.00. The third-order valence-corrected chi connectivity index (χ3v) is 4.03. The van der Waals surface area contributed by atoms with Gasteiger partial charge in [-0.2, -0.15) is 5.10 Å². The minimum atomic E-state index is -1.04. The van der Waals surface area contributed by atoms with Crippen LogP contribution in [0.2, 0.25) is 0 Å². The lowest BCUT2D eigenvalue weighted by molar-refractivity contribution is 0.0690.